The summed E-state index contributed by atoms with van der Waals surface area (Å²) < 4.78 is 42.1. The van der Waals surface area contributed by atoms with Gasteiger partial charge in [-0.15, -0.1) is 0 Å². The van der Waals surface area contributed by atoms with Crippen molar-refractivity contribution >= 4 is 47.6 Å². The van der Waals surface area contributed by atoms with E-state index < -0.39 is 27.3 Å². The fraction of sp³-hybridized carbons (Fsp3) is 0.0769. The predicted octanol–water partition coefficient (Wildman–Crippen LogP) is 3.64. The lowest BCUT2D eigenvalue weighted by atomic mass is 10.2. The molecule has 8 heteroatoms. The molecule has 0 fully saturated rings. The zero-order valence-electron chi connectivity index (χ0n) is 10.5. The molecule has 2 rings (SSSR count). The first-order valence-corrected chi connectivity index (χ1v) is 8.77. The molecule has 0 bridgehead atoms. The van der Waals surface area contributed by atoms with E-state index in [9.17, 15) is 12.8 Å². The molecule has 0 aromatic heterocycles. The molecule has 0 atom stereocenters. The Bertz CT molecular complexity index is 764. The van der Waals surface area contributed by atoms with Gasteiger partial charge in [-0.25, -0.2) is 12.8 Å². The lowest BCUT2D eigenvalue weighted by molar-refractivity contribution is 0.274. The molecule has 0 amide bonds. The minimum absolute atomic E-state index is 0.0967. The van der Waals surface area contributed by atoms with Crippen molar-refractivity contribution in [1.82, 2.24) is 0 Å². The molecule has 0 spiro atoms. The molecular formula is C13H10Br2FNO3S. The highest BCUT2D eigenvalue weighted by Gasteiger charge is 2.22. The number of anilines is 1. The number of aliphatic hydroxyl groups is 1. The van der Waals surface area contributed by atoms with Crippen molar-refractivity contribution in [3.63, 3.8) is 0 Å². The lowest BCUT2D eigenvalue weighted by Crippen LogP contribution is -2.15. The van der Waals surface area contributed by atoms with Gasteiger partial charge in [0.1, 0.15) is 10.7 Å². The standard InChI is InChI=1S/C13H10Br2FNO3S/c14-9-1-3-11(4-2-9)17-21(19,20)12-6-10(15)5-8(7-18)13(12)16/h1-6,17-18H,7H2. The maximum atomic E-state index is 14.1. The van der Waals surface area contributed by atoms with Gasteiger partial charge in [0.25, 0.3) is 10.0 Å². The van der Waals surface area contributed by atoms with Crippen LogP contribution in [0.3, 0.4) is 0 Å². The summed E-state index contributed by atoms with van der Waals surface area (Å²) >= 11 is 6.34. The van der Waals surface area contributed by atoms with Crippen LogP contribution in [0.2, 0.25) is 0 Å². The number of halogens is 3. The summed E-state index contributed by atoms with van der Waals surface area (Å²) in [5, 5.41) is 9.07. The average Bonchev–Trinajstić information content (AvgIpc) is 2.43. The second kappa shape index (κ2) is 6.43. The van der Waals surface area contributed by atoms with Crippen LogP contribution in [0.25, 0.3) is 0 Å². The van der Waals surface area contributed by atoms with Crippen molar-refractivity contribution in [3.05, 3.63) is 56.7 Å². The van der Waals surface area contributed by atoms with Crippen LogP contribution >= 0.6 is 31.9 Å². The van der Waals surface area contributed by atoms with Gasteiger partial charge in [0.15, 0.2) is 0 Å². The largest absolute Gasteiger partial charge is 0.392 e. The smallest absolute Gasteiger partial charge is 0.264 e. The van der Waals surface area contributed by atoms with Gasteiger partial charge in [-0.05, 0) is 36.4 Å². The second-order valence-corrected chi connectivity index (χ2v) is 7.63. The first-order chi connectivity index (χ1) is 9.83. The monoisotopic (exact) mass is 437 g/mol. The Labute approximate surface area is 138 Å². The number of sulfonamides is 1. The van der Waals surface area contributed by atoms with Gasteiger partial charge < -0.3 is 5.11 Å². The third kappa shape index (κ3) is 3.82. The van der Waals surface area contributed by atoms with E-state index in [1.54, 1.807) is 24.3 Å². The molecule has 0 unspecified atom stereocenters. The molecule has 0 saturated carbocycles. The summed E-state index contributed by atoms with van der Waals surface area (Å²) in [5.74, 6) is -0.967. The molecule has 112 valence electrons. The second-order valence-electron chi connectivity index (χ2n) is 4.15. The Balaban J connectivity index is 2.44. The maximum absolute atomic E-state index is 14.1. The molecule has 0 aliphatic rings. The van der Waals surface area contributed by atoms with Crippen LogP contribution in [0, 0.1) is 5.82 Å². The van der Waals surface area contributed by atoms with Crippen molar-refractivity contribution in [2.45, 2.75) is 11.5 Å². The Kier molecular flexibility index (Phi) is 5.03. The van der Waals surface area contributed by atoms with Crippen molar-refractivity contribution < 1.29 is 17.9 Å². The average molecular weight is 439 g/mol. The van der Waals surface area contributed by atoms with Crippen molar-refractivity contribution in [2.75, 3.05) is 4.72 Å². The van der Waals surface area contributed by atoms with Gasteiger partial charge in [-0.2, -0.15) is 0 Å². The first kappa shape index (κ1) is 16.4. The summed E-state index contributed by atoms with van der Waals surface area (Å²) in [5.41, 5.74) is 0.212. The van der Waals surface area contributed by atoms with E-state index in [-0.39, 0.29) is 5.56 Å². The Hall–Kier alpha value is -0.960. The van der Waals surface area contributed by atoms with Crippen LogP contribution in [-0.2, 0) is 16.6 Å². The molecule has 0 radical (unpaired) electrons. The molecule has 2 aromatic rings. The molecule has 0 saturated heterocycles. The molecule has 4 nitrogen and oxygen atoms in total. The van der Waals surface area contributed by atoms with E-state index in [4.69, 9.17) is 5.11 Å². The van der Waals surface area contributed by atoms with Gasteiger partial charge in [0.2, 0.25) is 0 Å². The summed E-state index contributed by atoms with van der Waals surface area (Å²) in [6, 6.07) is 8.89. The topological polar surface area (TPSA) is 66.4 Å². The first-order valence-electron chi connectivity index (χ1n) is 5.70. The molecule has 21 heavy (non-hydrogen) atoms. The molecular weight excluding hydrogens is 429 g/mol. The minimum Gasteiger partial charge on any atom is -0.392 e. The summed E-state index contributed by atoms with van der Waals surface area (Å²) in [6.45, 7) is -0.591. The third-order valence-corrected chi connectivity index (χ3v) is 5.00. The van der Waals surface area contributed by atoms with Gasteiger partial charge in [-0.1, -0.05) is 31.9 Å². The summed E-state index contributed by atoms with van der Waals surface area (Å²) in [4.78, 5) is -0.524. The predicted molar refractivity (Wildman–Crippen MR) is 85.0 cm³/mol. The molecule has 0 aliphatic heterocycles. The van der Waals surface area contributed by atoms with E-state index in [0.29, 0.717) is 10.2 Å². The van der Waals surface area contributed by atoms with Crippen LogP contribution in [0.4, 0.5) is 10.1 Å². The quantitative estimate of drug-likeness (QED) is 0.765. The molecule has 0 heterocycles. The Morgan fingerprint density at radius 1 is 1.10 bits per heavy atom. The van der Waals surface area contributed by atoms with Gasteiger partial charge in [0.05, 0.1) is 6.61 Å². The van der Waals surface area contributed by atoms with E-state index in [1.165, 1.54) is 6.07 Å². The van der Waals surface area contributed by atoms with Crippen LogP contribution in [0.1, 0.15) is 5.56 Å². The SMILES string of the molecule is O=S(=O)(Nc1ccc(Br)cc1)c1cc(Br)cc(CO)c1F. The number of aliphatic hydroxyl groups excluding tert-OH is 1. The normalized spacial score (nSPS) is 11.4. The maximum Gasteiger partial charge on any atom is 0.264 e. The van der Waals surface area contributed by atoms with E-state index in [2.05, 4.69) is 36.6 Å². The van der Waals surface area contributed by atoms with E-state index >= 15 is 0 Å². The third-order valence-electron chi connectivity index (χ3n) is 2.64. The van der Waals surface area contributed by atoms with Gasteiger partial charge in [-0.3, -0.25) is 4.72 Å². The number of nitrogens with one attached hydrogen (secondary N) is 1. The molecule has 0 aliphatic carbocycles. The zero-order valence-corrected chi connectivity index (χ0v) is 14.5. The van der Waals surface area contributed by atoms with Crippen LogP contribution < -0.4 is 4.72 Å². The number of rotatable bonds is 4. The van der Waals surface area contributed by atoms with E-state index in [1.807, 2.05) is 0 Å². The van der Waals surface area contributed by atoms with Crippen LogP contribution in [-0.4, -0.2) is 13.5 Å². The summed E-state index contributed by atoms with van der Waals surface area (Å²) in [7, 11) is -4.09. The highest BCUT2D eigenvalue weighted by Crippen LogP contribution is 2.26. The van der Waals surface area contributed by atoms with Crippen molar-refractivity contribution in [1.29, 1.82) is 0 Å². The number of benzene rings is 2. The fourth-order valence-corrected chi connectivity index (χ4v) is 3.78. The number of hydrogen-bond acceptors (Lipinski definition) is 3. The molecule has 2 aromatic carbocycles. The lowest BCUT2D eigenvalue weighted by Gasteiger charge is -2.11. The van der Waals surface area contributed by atoms with E-state index in [0.717, 1.165) is 10.5 Å². The highest BCUT2D eigenvalue weighted by atomic mass is 79.9. The Morgan fingerprint density at radius 3 is 2.29 bits per heavy atom. The fourth-order valence-electron chi connectivity index (χ4n) is 1.66. The summed E-state index contributed by atoms with van der Waals surface area (Å²) in [6.07, 6.45) is 0. The molecule has 2 N–H and O–H groups in total. The van der Waals surface area contributed by atoms with Crippen molar-refractivity contribution in [2.24, 2.45) is 0 Å². The zero-order chi connectivity index (χ0) is 15.6. The van der Waals surface area contributed by atoms with Gasteiger partial charge in [0, 0.05) is 20.2 Å². The minimum atomic E-state index is -4.09. The van der Waals surface area contributed by atoms with Gasteiger partial charge >= 0.3 is 0 Å². The number of hydrogen-bond donors (Lipinski definition) is 2. The highest BCUT2D eigenvalue weighted by molar-refractivity contribution is 9.10. The van der Waals surface area contributed by atoms with Crippen molar-refractivity contribution in [3.8, 4) is 0 Å². The van der Waals surface area contributed by atoms with Crippen LogP contribution in [0.15, 0.2) is 50.2 Å². The Morgan fingerprint density at radius 2 is 1.71 bits per heavy atom. The van der Waals surface area contributed by atoms with Crippen LogP contribution in [0.5, 0.6) is 0 Å².